The molecule has 76 heavy (non-hydrogen) atoms. The van der Waals surface area contributed by atoms with Crippen molar-refractivity contribution in [1.29, 1.82) is 0 Å². The molecule has 1 aliphatic heterocycles. The zero-order chi connectivity index (χ0) is 50.2. The first kappa shape index (κ1) is 43.6. The van der Waals surface area contributed by atoms with Gasteiger partial charge in [-0.25, -0.2) is 0 Å². The SMILES string of the molecule is c1ccc(-c2ccccc2-c2ccccc2-c2ccccc2N(c2ccc(-c3ccc4c(c3)C3(c5ccccc5Oc5ccccc53)c3ccccc3-4)cc2)c2ccc(-n3c4ccccc4c4ccccc43)cc2)cc1. The van der Waals surface area contributed by atoms with Crippen molar-refractivity contribution in [3.8, 4) is 72.8 Å². The number of aromatic nitrogens is 1. The predicted molar refractivity (Wildman–Crippen MR) is 315 cm³/mol. The first-order chi connectivity index (χ1) is 37.7. The van der Waals surface area contributed by atoms with E-state index in [0.717, 1.165) is 67.6 Å². The standard InChI is InChI=1S/C73H48N2O/c1-2-20-50(21-3-1)55-22-4-5-23-56(55)57-24-6-7-25-58(57)61-27-9-15-33-68(61)74(53-43-45-54(46-44-53)75-69-34-16-10-28-62(69)63-29-11-17-35-70(63)75)52-41-38-49(39-42-52)51-40-47-60-59-26-8-12-30-64(59)73(67(60)48-51)65-31-13-18-36-71(65)76-72-37-19-14-32-66(72)73/h1-48H. The van der Waals surface area contributed by atoms with Crippen molar-refractivity contribution >= 4 is 38.9 Å². The van der Waals surface area contributed by atoms with Crippen molar-refractivity contribution in [3.63, 3.8) is 0 Å². The van der Waals surface area contributed by atoms with E-state index in [1.165, 1.54) is 66.3 Å². The molecular weight excluding hydrogens is 921 g/mol. The molecule has 0 N–H and O–H groups in total. The maximum absolute atomic E-state index is 6.66. The Hall–Kier alpha value is -9.96. The maximum Gasteiger partial charge on any atom is 0.132 e. The van der Waals surface area contributed by atoms with Crippen molar-refractivity contribution in [1.82, 2.24) is 4.57 Å². The molecule has 0 fully saturated rings. The largest absolute Gasteiger partial charge is 0.457 e. The lowest BCUT2D eigenvalue weighted by molar-refractivity contribution is 0.436. The fourth-order valence-corrected chi connectivity index (χ4v) is 12.7. The monoisotopic (exact) mass is 968 g/mol. The van der Waals surface area contributed by atoms with Crippen LogP contribution < -0.4 is 9.64 Å². The summed E-state index contributed by atoms with van der Waals surface area (Å²) in [7, 11) is 0. The number of hydrogen-bond acceptors (Lipinski definition) is 2. The highest BCUT2D eigenvalue weighted by Gasteiger charge is 2.51. The summed E-state index contributed by atoms with van der Waals surface area (Å²) in [6, 6.07) is 106. The first-order valence-corrected chi connectivity index (χ1v) is 26.2. The summed E-state index contributed by atoms with van der Waals surface area (Å²) < 4.78 is 9.05. The van der Waals surface area contributed by atoms with Gasteiger partial charge in [0, 0.05) is 44.5 Å². The third-order valence-corrected chi connectivity index (χ3v) is 15.9. The van der Waals surface area contributed by atoms with Crippen LogP contribution in [-0.2, 0) is 5.41 Å². The van der Waals surface area contributed by atoms with Gasteiger partial charge in [-0.1, -0.05) is 218 Å². The number of anilines is 3. The van der Waals surface area contributed by atoms with Crippen LogP contribution in [0.2, 0.25) is 0 Å². The van der Waals surface area contributed by atoms with Crippen molar-refractivity contribution in [2.45, 2.75) is 5.41 Å². The van der Waals surface area contributed by atoms with Crippen molar-refractivity contribution < 1.29 is 4.74 Å². The number of nitrogens with zero attached hydrogens (tertiary/aromatic N) is 2. The Balaban J connectivity index is 0.888. The van der Waals surface area contributed by atoms with Crippen LogP contribution in [0.25, 0.3) is 83.1 Å². The van der Waals surface area contributed by atoms with Crippen LogP contribution >= 0.6 is 0 Å². The van der Waals surface area contributed by atoms with Gasteiger partial charge < -0.3 is 14.2 Å². The van der Waals surface area contributed by atoms with E-state index in [4.69, 9.17) is 4.74 Å². The lowest BCUT2D eigenvalue weighted by Crippen LogP contribution is -2.32. The number of hydrogen-bond donors (Lipinski definition) is 0. The Bertz CT molecular complexity index is 4280. The smallest absolute Gasteiger partial charge is 0.132 e. The second kappa shape index (κ2) is 17.6. The normalized spacial score (nSPS) is 12.7. The van der Waals surface area contributed by atoms with Crippen molar-refractivity contribution in [2.75, 3.05) is 4.90 Å². The molecule has 0 atom stereocenters. The van der Waals surface area contributed by atoms with E-state index in [0.29, 0.717) is 0 Å². The van der Waals surface area contributed by atoms with E-state index < -0.39 is 5.41 Å². The molecule has 2 aliphatic rings. The van der Waals surface area contributed by atoms with Crippen molar-refractivity contribution in [3.05, 3.63) is 313 Å². The fraction of sp³-hybridized carbons (Fsp3) is 0.0137. The summed E-state index contributed by atoms with van der Waals surface area (Å²) in [5.74, 6) is 1.79. The van der Waals surface area contributed by atoms with Crippen LogP contribution in [0.4, 0.5) is 17.1 Å². The van der Waals surface area contributed by atoms with E-state index in [9.17, 15) is 0 Å². The van der Waals surface area contributed by atoms with Gasteiger partial charge in [0.25, 0.3) is 0 Å². The van der Waals surface area contributed by atoms with E-state index in [1.54, 1.807) is 0 Å². The third-order valence-electron chi connectivity index (χ3n) is 15.9. The molecule has 0 radical (unpaired) electrons. The van der Waals surface area contributed by atoms with E-state index in [-0.39, 0.29) is 0 Å². The van der Waals surface area contributed by atoms with E-state index >= 15 is 0 Å². The summed E-state index contributed by atoms with van der Waals surface area (Å²) >= 11 is 0. The minimum Gasteiger partial charge on any atom is -0.457 e. The molecule has 0 bridgehead atoms. The van der Waals surface area contributed by atoms with Gasteiger partial charge in [-0.3, -0.25) is 0 Å². The number of rotatable bonds is 8. The Morgan fingerprint density at radius 1 is 0.289 bits per heavy atom. The van der Waals surface area contributed by atoms with E-state index in [2.05, 4.69) is 301 Å². The van der Waals surface area contributed by atoms with E-state index in [1.807, 2.05) is 0 Å². The van der Waals surface area contributed by atoms with Gasteiger partial charge in [0.05, 0.1) is 22.1 Å². The summed E-state index contributed by atoms with van der Waals surface area (Å²) in [6.45, 7) is 0. The van der Waals surface area contributed by atoms with Crippen LogP contribution in [0.15, 0.2) is 291 Å². The number of benzene rings is 12. The van der Waals surface area contributed by atoms with Crippen LogP contribution in [-0.4, -0.2) is 4.57 Å². The molecule has 3 nitrogen and oxygen atoms in total. The predicted octanol–water partition coefficient (Wildman–Crippen LogP) is 19.4. The van der Waals surface area contributed by atoms with Gasteiger partial charge in [0.15, 0.2) is 0 Å². The van der Waals surface area contributed by atoms with Crippen LogP contribution in [0.5, 0.6) is 11.5 Å². The van der Waals surface area contributed by atoms with Gasteiger partial charge in [-0.2, -0.15) is 0 Å². The van der Waals surface area contributed by atoms with Crippen molar-refractivity contribution in [2.24, 2.45) is 0 Å². The molecule has 0 saturated carbocycles. The Morgan fingerprint density at radius 3 is 1.38 bits per heavy atom. The Morgan fingerprint density at radius 2 is 0.737 bits per heavy atom. The van der Waals surface area contributed by atoms with Gasteiger partial charge in [-0.15, -0.1) is 0 Å². The molecule has 0 unspecified atom stereocenters. The zero-order valence-corrected chi connectivity index (χ0v) is 41.5. The minimum atomic E-state index is -0.545. The summed E-state index contributed by atoms with van der Waals surface area (Å²) in [5.41, 5.74) is 22.9. The molecule has 15 rings (SSSR count). The highest BCUT2D eigenvalue weighted by molar-refractivity contribution is 6.09. The van der Waals surface area contributed by atoms with Gasteiger partial charge in [-0.05, 0) is 134 Å². The number of ether oxygens (including phenoxy) is 1. The molecule has 0 amide bonds. The summed E-state index contributed by atoms with van der Waals surface area (Å²) in [5, 5.41) is 2.49. The zero-order valence-electron chi connectivity index (χ0n) is 41.5. The Kier molecular flexibility index (Phi) is 10.1. The highest BCUT2D eigenvalue weighted by Crippen LogP contribution is 2.62. The topological polar surface area (TPSA) is 17.4 Å². The molecule has 0 saturated heterocycles. The summed E-state index contributed by atoms with van der Waals surface area (Å²) in [4.78, 5) is 2.43. The Labute approximate surface area is 442 Å². The third kappa shape index (κ3) is 6.69. The molecule has 356 valence electrons. The van der Waals surface area contributed by atoms with Crippen LogP contribution in [0, 0.1) is 0 Å². The molecule has 3 heteroatoms. The maximum atomic E-state index is 6.66. The average molecular weight is 969 g/mol. The van der Waals surface area contributed by atoms with Crippen LogP contribution in [0.1, 0.15) is 22.3 Å². The van der Waals surface area contributed by atoms with Gasteiger partial charge in [0.2, 0.25) is 0 Å². The lowest BCUT2D eigenvalue weighted by Gasteiger charge is -2.39. The molecule has 1 spiro atoms. The minimum absolute atomic E-state index is 0.545. The molecule has 12 aromatic carbocycles. The van der Waals surface area contributed by atoms with Gasteiger partial charge >= 0.3 is 0 Å². The average Bonchev–Trinajstić information content (AvgIpc) is 4.19. The quantitative estimate of drug-likeness (QED) is 0.151. The molecular formula is C73H48N2O. The first-order valence-electron chi connectivity index (χ1n) is 26.2. The molecule has 13 aromatic rings. The molecule has 2 heterocycles. The lowest BCUT2D eigenvalue weighted by atomic mass is 9.66. The highest BCUT2D eigenvalue weighted by atomic mass is 16.5. The second-order valence-corrected chi connectivity index (χ2v) is 19.9. The summed E-state index contributed by atoms with van der Waals surface area (Å²) in [6.07, 6.45) is 0. The van der Waals surface area contributed by atoms with Crippen LogP contribution in [0.3, 0.4) is 0 Å². The number of fused-ring (bicyclic) bond motifs is 12. The molecule has 1 aliphatic carbocycles. The second-order valence-electron chi connectivity index (χ2n) is 19.9. The molecule has 1 aromatic heterocycles. The number of para-hydroxylation sites is 5. The van der Waals surface area contributed by atoms with Gasteiger partial charge in [0.1, 0.15) is 11.5 Å². The fourth-order valence-electron chi connectivity index (χ4n) is 12.7.